The van der Waals surface area contributed by atoms with Gasteiger partial charge in [0, 0.05) is 18.8 Å². The van der Waals surface area contributed by atoms with Crippen molar-refractivity contribution < 1.29 is 25.2 Å². The summed E-state index contributed by atoms with van der Waals surface area (Å²) in [6, 6.07) is 2.41. The summed E-state index contributed by atoms with van der Waals surface area (Å²) in [6.07, 6.45) is 1.35. The fourth-order valence-electron chi connectivity index (χ4n) is 2.50. The highest BCUT2D eigenvalue weighted by Gasteiger charge is 2.21. The van der Waals surface area contributed by atoms with Crippen LogP contribution in [0.1, 0.15) is 21.5 Å². The number of aliphatic imine (C=N–C) groups is 1. The fraction of sp³-hybridized carbons (Fsp3) is 0.125. The number of hydrogen-bond acceptors (Lipinski definition) is 7. The Kier molecular flexibility index (Phi) is 3.44. The number of benzene rings is 2. The van der Waals surface area contributed by atoms with Gasteiger partial charge in [-0.3, -0.25) is 4.99 Å². The Morgan fingerprint density at radius 2 is 1.71 bits per heavy atom. The van der Waals surface area contributed by atoms with Crippen LogP contribution >= 0.6 is 0 Å². The van der Waals surface area contributed by atoms with Crippen molar-refractivity contribution in [2.45, 2.75) is 6.92 Å². The van der Waals surface area contributed by atoms with E-state index >= 15 is 0 Å². The number of aromatic carboxylic acids is 1. The molecule has 0 unspecified atom stereocenters. The fourth-order valence-corrected chi connectivity index (χ4v) is 2.50. The smallest absolute Gasteiger partial charge is 0.337 e. The molecule has 0 amide bonds. The van der Waals surface area contributed by atoms with E-state index < -0.39 is 5.97 Å². The van der Waals surface area contributed by atoms with Gasteiger partial charge in [-0.1, -0.05) is 0 Å². The maximum atomic E-state index is 11.4. The normalized spacial score (nSPS) is 11.6. The maximum absolute atomic E-state index is 11.4. The molecule has 4 N–H and O–H groups in total. The van der Waals surface area contributed by atoms with E-state index in [1.807, 2.05) is 0 Å². The molecule has 0 radical (unpaired) electrons. The number of rotatable bonds is 2. The highest BCUT2D eigenvalue weighted by Crippen LogP contribution is 2.38. The SMILES string of the molecule is CN=Cc1c(O)c(C)c(O)c2nc3c(C(=O)O)ccc(O)c3nc12. The highest BCUT2D eigenvalue weighted by atomic mass is 16.4. The molecule has 0 aliphatic heterocycles. The van der Waals surface area contributed by atoms with E-state index in [1.54, 1.807) is 0 Å². The Bertz CT molecular complexity index is 1040. The van der Waals surface area contributed by atoms with Gasteiger partial charge in [0.25, 0.3) is 0 Å². The standard InChI is InChI=1S/C16H13N3O5/c1-6-14(21)8(5-17-2)11-13(15(6)22)19-10-7(16(23)24)3-4-9(20)12(10)18-11/h3-5,20-22H,1-2H3,(H,23,24). The van der Waals surface area contributed by atoms with Crippen LogP contribution in [0.5, 0.6) is 17.2 Å². The Morgan fingerprint density at radius 3 is 2.33 bits per heavy atom. The lowest BCUT2D eigenvalue weighted by molar-refractivity contribution is 0.0699. The molecule has 0 atom stereocenters. The van der Waals surface area contributed by atoms with Gasteiger partial charge in [0.2, 0.25) is 0 Å². The first-order chi connectivity index (χ1) is 11.4. The molecule has 24 heavy (non-hydrogen) atoms. The van der Waals surface area contributed by atoms with Crippen LogP contribution < -0.4 is 0 Å². The molecule has 0 saturated heterocycles. The minimum atomic E-state index is -1.24. The summed E-state index contributed by atoms with van der Waals surface area (Å²) >= 11 is 0. The predicted molar refractivity (Wildman–Crippen MR) is 87.3 cm³/mol. The Hall–Kier alpha value is -3.42. The number of carboxylic acids is 1. The third-order valence-electron chi connectivity index (χ3n) is 3.73. The minimum absolute atomic E-state index is 0.0146. The van der Waals surface area contributed by atoms with Gasteiger partial charge in [-0.15, -0.1) is 0 Å². The summed E-state index contributed by atoms with van der Waals surface area (Å²) in [7, 11) is 1.50. The number of nitrogens with zero attached hydrogens (tertiary/aromatic N) is 3. The van der Waals surface area contributed by atoms with Crippen molar-refractivity contribution in [2.75, 3.05) is 7.05 Å². The molecule has 0 aliphatic carbocycles. The summed E-state index contributed by atoms with van der Waals surface area (Å²) in [5.41, 5.74) is 0.242. The Balaban J connectivity index is 2.60. The van der Waals surface area contributed by atoms with Crippen LogP contribution in [0.25, 0.3) is 22.1 Å². The zero-order valence-electron chi connectivity index (χ0n) is 12.8. The van der Waals surface area contributed by atoms with Crippen LogP contribution in [0.4, 0.5) is 0 Å². The van der Waals surface area contributed by atoms with Crippen LogP contribution in [-0.4, -0.2) is 49.6 Å². The number of carboxylic acid groups (broad SMARTS) is 1. The van der Waals surface area contributed by atoms with Gasteiger partial charge in [-0.05, 0) is 19.1 Å². The molecule has 1 aromatic heterocycles. The zero-order chi connectivity index (χ0) is 17.6. The second kappa shape index (κ2) is 5.34. The first-order valence-electron chi connectivity index (χ1n) is 6.90. The van der Waals surface area contributed by atoms with Crippen molar-refractivity contribution in [2.24, 2.45) is 4.99 Å². The Labute approximate surface area is 135 Å². The van der Waals surface area contributed by atoms with E-state index in [0.29, 0.717) is 0 Å². The van der Waals surface area contributed by atoms with Gasteiger partial charge in [-0.2, -0.15) is 0 Å². The van der Waals surface area contributed by atoms with Gasteiger partial charge in [0.05, 0.1) is 11.1 Å². The molecule has 0 fully saturated rings. The third kappa shape index (κ3) is 2.08. The molecule has 0 aliphatic rings. The molecule has 3 aromatic rings. The number of phenols is 3. The first-order valence-corrected chi connectivity index (χ1v) is 6.90. The van der Waals surface area contributed by atoms with E-state index in [1.165, 1.54) is 32.3 Å². The summed E-state index contributed by atoms with van der Waals surface area (Å²) in [4.78, 5) is 23.6. The van der Waals surface area contributed by atoms with Crippen LogP contribution in [0.2, 0.25) is 0 Å². The molecule has 122 valence electrons. The van der Waals surface area contributed by atoms with Crippen molar-refractivity contribution >= 4 is 34.3 Å². The average molecular weight is 327 g/mol. The second-order valence-electron chi connectivity index (χ2n) is 5.18. The first kappa shape index (κ1) is 15.5. The van der Waals surface area contributed by atoms with Crippen molar-refractivity contribution in [1.29, 1.82) is 0 Å². The molecular weight excluding hydrogens is 314 g/mol. The quantitative estimate of drug-likeness (QED) is 0.417. The van der Waals surface area contributed by atoms with Gasteiger partial charge >= 0.3 is 5.97 Å². The molecule has 2 aromatic carbocycles. The van der Waals surface area contributed by atoms with E-state index in [9.17, 15) is 25.2 Å². The van der Waals surface area contributed by atoms with Crippen molar-refractivity contribution in [1.82, 2.24) is 9.97 Å². The molecule has 0 bridgehead atoms. The number of phenolic OH excluding ortho intramolecular Hbond substituents is 3. The summed E-state index contributed by atoms with van der Waals surface area (Å²) in [5, 5.41) is 39.8. The van der Waals surface area contributed by atoms with Gasteiger partial charge in [0.15, 0.2) is 0 Å². The van der Waals surface area contributed by atoms with Crippen molar-refractivity contribution in [3.8, 4) is 17.2 Å². The molecule has 8 heteroatoms. The number of aromatic nitrogens is 2. The molecule has 8 nitrogen and oxygen atoms in total. The number of hydrogen-bond donors (Lipinski definition) is 4. The van der Waals surface area contributed by atoms with Gasteiger partial charge < -0.3 is 20.4 Å². The topological polar surface area (TPSA) is 136 Å². The monoisotopic (exact) mass is 327 g/mol. The second-order valence-corrected chi connectivity index (χ2v) is 5.18. The average Bonchev–Trinajstić information content (AvgIpc) is 2.56. The van der Waals surface area contributed by atoms with E-state index in [2.05, 4.69) is 15.0 Å². The number of fused-ring (bicyclic) bond motifs is 2. The summed E-state index contributed by atoms with van der Waals surface area (Å²) in [6.45, 7) is 1.49. The van der Waals surface area contributed by atoms with E-state index in [4.69, 9.17) is 0 Å². The summed E-state index contributed by atoms with van der Waals surface area (Å²) in [5.74, 6) is -2.03. The Morgan fingerprint density at radius 1 is 1.04 bits per heavy atom. The zero-order valence-corrected chi connectivity index (χ0v) is 12.8. The predicted octanol–water partition coefficient (Wildman–Crippen LogP) is 1.96. The van der Waals surface area contributed by atoms with Crippen LogP contribution in [-0.2, 0) is 0 Å². The maximum Gasteiger partial charge on any atom is 0.337 e. The van der Waals surface area contributed by atoms with Crippen molar-refractivity contribution in [3.63, 3.8) is 0 Å². The molecule has 0 saturated carbocycles. The van der Waals surface area contributed by atoms with Gasteiger partial charge in [0.1, 0.15) is 39.3 Å². The van der Waals surface area contributed by atoms with Crippen LogP contribution in [0.3, 0.4) is 0 Å². The molecule has 1 heterocycles. The van der Waals surface area contributed by atoms with Crippen LogP contribution in [0, 0.1) is 6.92 Å². The molecular formula is C16H13N3O5. The van der Waals surface area contributed by atoms with E-state index in [0.717, 1.165) is 0 Å². The van der Waals surface area contributed by atoms with Crippen LogP contribution in [0.15, 0.2) is 17.1 Å². The number of aromatic hydroxyl groups is 3. The lowest BCUT2D eigenvalue weighted by Gasteiger charge is -2.12. The summed E-state index contributed by atoms with van der Waals surface area (Å²) < 4.78 is 0. The van der Waals surface area contributed by atoms with Gasteiger partial charge in [-0.25, -0.2) is 14.8 Å². The molecule has 3 rings (SSSR count). The van der Waals surface area contributed by atoms with E-state index in [-0.39, 0.29) is 56.0 Å². The molecule has 0 spiro atoms. The van der Waals surface area contributed by atoms with Crippen molar-refractivity contribution in [3.05, 3.63) is 28.8 Å². The minimum Gasteiger partial charge on any atom is -0.507 e. The highest BCUT2D eigenvalue weighted by molar-refractivity contribution is 6.08. The third-order valence-corrected chi connectivity index (χ3v) is 3.73. The lowest BCUT2D eigenvalue weighted by atomic mass is 10.0. The number of carbonyl (C=O) groups is 1. The largest absolute Gasteiger partial charge is 0.507 e. The lowest BCUT2D eigenvalue weighted by Crippen LogP contribution is -2.02.